The largest absolute Gasteiger partial charge is 0.495 e. The van der Waals surface area contributed by atoms with Gasteiger partial charge in [-0.1, -0.05) is 31.9 Å². The molecule has 0 bridgehead atoms. The lowest BCUT2D eigenvalue weighted by Crippen LogP contribution is -1.84. The van der Waals surface area contributed by atoms with Crippen molar-refractivity contribution in [3.63, 3.8) is 0 Å². The number of rotatable bonds is 2. The summed E-state index contributed by atoms with van der Waals surface area (Å²) in [4.78, 5) is 0. The van der Waals surface area contributed by atoms with Crippen molar-refractivity contribution in [3.05, 3.63) is 27.5 Å². The minimum atomic E-state index is 0.843. The van der Waals surface area contributed by atoms with Crippen molar-refractivity contribution in [1.29, 1.82) is 0 Å². The van der Waals surface area contributed by atoms with Crippen LogP contribution in [0.4, 0.5) is 0 Å². The van der Waals surface area contributed by atoms with Crippen LogP contribution in [0, 0.1) is 0 Å². The molecule has 1 heterocycles. The lowest BCUT2D eigenvalue weighted by atomic mass is 10.1. The Kier molecular flexibility index (Phi) is 3.14. The van der Waals surface area contributed by atoms with Crippen LogP contribution in [0.25, 0.3) is 10.1 Å². The van der Waals surface area contributed by atoms with Crippen LogP contribution in [0.5, 0.6) is 5.75 Å². The van der Waals surface area contributed by atoms with Crippen LogP contribution in [0.15, 0.2) is 22.0 Å². The molecule has 0 N–H and O–H groups in total. The topological polar surface area (TPSA) is 9.23 Å². The number of hydrogen-bond donors (Lipinski definition) is 0. The Bertz CT molecular complexity index is 464. The predicted octanol–water partition coefficient (Wildman–Crippen LogP) is 4.57. The van der Waals surface area contributed by atoms with Crippen LogP contribution in [-0.4, -0.2) is 7.11 Å². The molecule has 1 aromatic carbocycles. The SMILES string of the molecule is COc1csc2cc(Br)cc(CBr)c12. The highest BCUT2D eigenvalue weighted by atomic mass is 79.9. The molecule has 0 aliphatic carbocycles. The molecule has 1 nitrogen and oxygen atoms in total. The lowest BCUT2D eigenvalue weighted by molar-refractivity contribution is 0.421. The minimum absolute atomic E-state index is 0.843. The first kappa shape index (κ1) is 10.5. The summed E-state index contributed by atoms with van der Waals surface area (Å²) >= 11 is 8.70. The van der Waals surface area contributed by atoms with Gasteiger partial charge in [-0.3, -0.25) is 0 Å². The molecule has 0 aliphatic heterocycles. The summed E-state index contributed by atoms with van der Waals surface area (Å²) in [6, 6.07) is 4.24. The van der Waals surface area contributed by atoms with E-state index in [1.54, 1.807) is 18.4 Å². The number of thiophene rings is 1. The summed E-state index contributed by atoms with van der Waals surface area (Å²) < 4.78 is 7.69. The molecule has 0 aliphatic rings. The van der Waals surface area contributed by atoms with Gasteiger partial charge in [0.2, 0.25) is 0 Å². The maximum Gasteiger partial charge on any atom is 0.137 e. The Balaban J connectivity index is 2.78. The number of halogens is 2. The molecule has 14 heavy (non-hydrogen) atoms. The quantitative estimate of drug-likeness (QED) is 0.730. The number of methoxy groups -OCH3 is 1. The van der Waals surface area contributed by atoms with Gasteiger partial charge in [-0.25, -0.2) is 0 Å². The van der Waals surface area contributed by atoms with Gasteiger partial charge in [0.1, 0.15) is 5.75 Å². The zero-order valence-electron chi connectivity index (χ0n) is 7.51. The van der Waals surface area contributed by atoms with E-state index in [-0.39, 0.29) is 0 Å². The van der Waals surface area contributed by atoms with Crippen LogP contribution < -0.4 is 4.74 Å². The maximum absolute atomic E-state index is 5.32. The van der Waals surface area contributed by atoms with E-state index in [9.17, 15) is 0 Å². The first-order valence-corrected chi connectivity index (χ1v) is 6.85. The normalized spacial score (nSPS) is 10.8. The summed E-state index contributed by atoms with van der Waals surface area (Å²) in [6.45, 7) is 0. The van der Waals surface area contributed by atoms with Crippen molar-refractivity contribution in [2.24, 2.45) is 0 Å². The van der Waals surface area contributed by atoms with Crippen molar-refractivity contribution >= 4 is 53.3 Å². The van der Waals surface area contributed by atoms with Crippen molar-refractivity contribution < 1.29 is 4.74 Å². The predicted molar refractivity (Wildman–Crippen MR) is 68.7 cm³/mol. The molecule has 0 atom stereocenters. The molecule has 74 valence electrons. The zero-order valence-corrected chi connectivity index (χ0v) is 11.5. The number of ether oxygens (including phenoxy) is 1. The monoisotopic (exact) mass is 334 g/mol. The van der Waals surface area contributed by atoms with Crippen molar-refractivity contribution in [2.75, 3.05) is 7.11 Å². The summed E-state index contributed by atoms with van der Waals surface area (Å²) in [5.74, 6) is 0.965. The molecule has 2 rings (SSSR count). The second kappa shape index (κ2) is 4.21. The van der Waals surface area contributed by atoms with Crippen molar-refractivity contribution in [3.8, 4) is 5.75 Å². The third-order valence-corrected chi connectivity index (χ3v) is 4.02. The molecular formula is C10H8Br2OS. The van der Waals surface area contributed by atoms with Crippen LogP contribution in [0.1, 0.15) is 5.56 Å². The molecule has 2 aromatic rings. The molecule has 0 unspecified atom stereocenters. The summed E-state index contributed by atoms with van der Waals surface area (Å²) in [7, 11) is 1.71. The first-order chi connectivity index (χ1) is 6.76. The molecular weight excluding hydrogens is 328 g/mol. The number of fused-ring (bicyclic) bond motifs is 1. The summed E-state index contributed by atoms with van der Waals surface area (Å²) in [6.07, 6.45) is 0. The van der Waals surface area contributed by atoms with E-state index in [1.165, 1.54) is 15.6 Å². The van der Waals surface area contributed by atoms with E-state index in [1.807, 2.05) is 5.38 Å². The van der Waals surface area contributed by atoms with Gasteiger partial charge in [0.15, 0.2) is 0 Å². The van der Waals surface area contributed by atoms with Gasteiger partial charge >= 0.3 is 0 Å². The van der Waals surface area contributed by atoms with Crippen LogP contribution in [-0.2, 0) is 5.33 Å². The smallest absolute Gasteiger partial charge is 0.137 e. The third kappa shape index (κ3) is 1.71. The van der Waals surface area contributed by atoms with Crippen LogP contribution in [0.2, 0.25) is 0 Å². The molecule has 0 saturated carbocycles. The van der Waals surface area contributed by atoms with Gasteiger partial charge in [-0.15, -0.1) is 11.3 Å². The Morgan fingerprint density at radius 1 is 1.43 bits per heavy atom. The van der Waals surface area contributed by atoms with Crippen molar-refractivity contribution in [2.45, 2.75) is 5.33 Å². The Morgan fingerprint density at radius 2 is 2.21 bits per heavy atom. The fraction of sp³-hybridized carbons (Fsp3) is 0.200. The summed E-state index contributed by atoms with van der Waals surface area (Å²) in [5, 5.41) is 4.11. The van der Waals surface area contributed by atoms with Gasteiger partial charge in [0.25, 0.3) is 0 Å². The van der Waals surface area contributed by atoms with Crippen LogP contribution >= 0.6 is 43.2 Å². The van der Waals surface area contributed by atoms with Gasteiger partial charge in [-0.05, 0) is 17.7 Å². The Hall–Kier alpha value is -0.0600. The second-order valence-electron chi connectivity index (χ2n) is 2.88. The standard InChI is InChI=1S/C10H8Br2OS/c1-13-8-5-14-9-3-7(12)2-6(4-11)10(8)9/h2-3,5H,4H2,1H3. The van der Waals surface area contributed by atoms with E-state index in [2.05, 4.69) is 44.0 Å². The average molecular weight is 336 g/mol. The first-order valence-electron chi connectivity index (χ1n) is 4.06. The number of hydrogen-bond acceptors (Lipinski definition) is 2. The van der Waals surface area contributed by atoms with Crippen LogP contribution in [0.3, 0.4) is 0 Å². The molecule has 0 amide bonds. The fourth-order valence-corrected chi connectivity index (χ4v) is 3.53. The molecule has 0 saturated heterocycles. The fourth-order valence-electron chi connectivity index (χ4n) is 1.44. The van der Waals surface area contributed by atoms with Gasteiger partial charge in [0, 0.05) is 25.3 Å². The highest BCUT2D eigenvalue weighted by Crippen LogP contribution is 2.37. The number of benzene rings is 1. The second-order valence-corrected chi connectivity index (χ2v) is 5.26. The molecule has 0 radical (unpaired) electrons. The van der Waals surface area contributed by atoms with Gasteiger partial charge in [-0.2, -0.15) is 0 Å². The van der Waals surface area contributed by atoms with E-state index in [0.29, 0.717) is 0 Å². The minimum Gasteiger partial charge on any atom is -0.495 e. The maximum atomic E-state index is 5.32. The Morgan fingerprint density at radius 3 is 2.86 bits per heavy atom. The molecule has 0 fully saturated rings. The lowest BCUT2D eigenvalue weighted by Gasteiger charge is -2.03. The van der Waals surface area contributed by atoms with E-state index in [0.717, 1.165) is 15.6 Å². The average Bonchev–Trinajstić information content (AvgIpc) is 2.59. The van der Waals surface area contributed by atoms with E-state index < -0.39 is 0 Å². The number of alkyl halides is 1. The molecule has 0 spiro atoms. The van der Waals surface area contributed by atoms with E-state index >= 15 is 0 Å². The Labute approximate surface area is 103 Å². The van der Waals surface area contributed by atoms with Gasteiger partial charge in [0.05, 0.1) is 7.11 Å². The summed E-state index contributed by atoms with van der Waals surface area (Å²) in [5.41, 5.74) is 1.26. The van der Waals surface area contributed by atoms with Gasteiger partial charge < -0.3 is 4.74 Å². The highest BCUT2D eigenvalue weighted by molar-refractivity contribution is 9.10. The molecule has 1 aromatic heterocycles. The zero-order chi connectivity index (χ0) is 10.1. The third-order valence-electron chi connectivity index (χ3n) is 2.05. The highest BCUT2D eigenvalue weighted by Gasteiger charge is 2.09. The van der Waals surface area contributed by atoms with E-state index in [4.69, 9.17) is 4.74 Å². The van der Waals surface area contributed by atoms with Crippen molar-refractivity contribution in [1.82, 2.24) is 0 Å². The molecule has 4 heteroatoms.